The zero-order chi connectivity index (χ0) is 10.8. The van der Waals surface area contributed by atoms with Crippen LogP contribution in [0.1, 0.15) is 13.3 Å². The standard InChI is InChI=1S/C10H14BrN3O/c1-6-9(2-3-15-6)14-10-8(12)4-7(11)5-13-10/h4-6,9H,2-3,12H2,1H3,(H,13,14). The molecule has 2 unspecified atom stereocenters. The molecule has 2 heterocycles. The molecule has 0 aliphatic carbocycles. The first-order valence-electron chi connectivity index (χ1n) is 4.96. The third-order valence-electron chi connectivity index (χ3n) is 2.58. The molecule has 5 heteroatoms. The Morgan fingerprint density at radius 3 is 3.07 bits per heavy atom. The van der Waals surface area contributed by atoms with Crippen LogP contribution in [0, 0.1) is 0 Å². The third kappa shape index (κ3) is 2.41. The molecule has 1 fully saturated rings. The second-order valence-corrected chi connectivity index (χ2v) is 4.62. The van der Waals surface area contributed by atoms with Crippen molar-refractivity contribution in [1.29, 1.82) is 0 Å². The number of hydrogen-bond acceptors (Lipinski definition) is 4. The van der Waals surface area contributed by atoms with Gasteiger partial charge < -0.3 is 15.8 Å². The maximum absolute atomic E-state index is 5.85. The maximum atomic E-state index is 5.85. The van der Waals surface area contributed by atoms with Crippen molar-refractivity contribution < 1.29 is 4.74 Å². The van der Waals surface area contributed by atoms with Crippen LogP contribution in [0.2, 0.25) is 0 Å². The molecular formula is C10H14BrN3O. The zero-order valence-corrected chi connectivity index (χ0v) is 10.1. The fraction of sp³-hybridized carbons (Fsp3) is 0.500. The van der Waals surface area contributed by atoms with Crippen LogP contribution in [-0.4, -0.2) is 23.7 Å². The minimum atomic E-state index is 0.217. The predicted octanol–water partition coefficient (Wildman–Crippen LogP) is 2.02. The molecule has 4 nitrogen and oxygen atoms in total. The van der Waals surface area contributed by atoms with Crippen molar-refractivity contribution in [3.8, 4) is 0 Å². The van der Waals surface area contributed by atoms with E-state index in [0.717, 1.165) is 23.3 Å². The second kappa shape index (κ2) is 4.37. The molecule has 1 saturated heterocycles. The van der Waals surface area contributed by atoms with Crippen LogP contribution >= 0.6 is 15.9 Å². The van der Waals surface area contributed by atoms with Gasteiger partial charge in [-0.15, -0.1) is 0 Å². The van der Waals surface area contributed by atoms with Gasteiger partial charge in [-0.25, -0.2) is 4.98 Å². The molecule has 0 spiro atoms. The minimum Gasteiger partial charge on any atom is -0.396 e. The zero-order valence-electron chi connectivity index (χ0n) is 8.53. The molecule has 1 aromatic heterocycles. The van der Waals surface area contributed by atoms with Crippen LogP contribution in [0.3, 0.4) is 0 Å². The Morgan fingerprint density at radius 1 is 1.67 bits per heavy atom. The summed E-state index contributed by atoms with van der Waals surface area (Å²) in [7, 11) is 0. The highest BCUT2D eigenvalue weighted by molar-refractivity contribution is 9.10. The molecule has 2 atom stereocenters. The summed E-state index contributed by atoms with van der Waals surface area (Å²) >= 11 is 3.33. The first-order chi connectivity index (χ1) is 7.16. The molecule has 0 bridgehead atoms. The minimum absolute atomic E-state index is 0.217. The average Bonchev–Trinajstić information content (AvgIpc) is 2.57. The molecule has 0 saturated carbocycles. The van der Waals surface area contributed by atoms with Crippen molar-refractivity contribution in [2.24, 2.45) is 0 Å². The van der Waals surface area contributed by atoms with Gasteiger partial charge in [0.25, 0.3) is 0 Å². The van der Waals surface area contributed by atoms with Crippen LogP contribution in [0.5, 0.6) is 0 Å². The van der Waals surface area contributed by atoms with E-state index in [2.05, 4.69) is 33.2 Å². The molecule has 2 rings (SSSR count). The van der Waals surface area contributed by atoms with Gasteiger partial charge in [-0.2, -0.15) is 0 Å². The summed E-state index contributed by atoms with van der Waals surface area (Å²) in [6, 6.07) is 2.15. The van der Waals surface area contributed by atoms with Gasteiger partial charge in [0.05, 0.1) is 17.8 Å². The normalized spacial score (nSPS) is 25.5. The lowest BCUT2D eigenvalue weighted by Gasteiger charge is -2.17. The number of ether oxygens (including phenoxy) is 1. The molecule has 1 aromatic rings. The van der Waals surface area contributed by atoms with Crippen molar-refractivity contribution >= 4 is 27.4 Å². The topological polar surface area (TPSA) is 60.2 Å². The molecule has 3 N–H and O–H groups in total. The van der Waals surface area contributed by atoms with E-state index in [1.807, 2.05) is 6.07 Å². The molecular weight excluding hydrogens is 258 g/mol. The lowest BCUT2D eigenvalue weighted by Crippen LogP contribution is -2.27. The molecule has 0 radical (unpaired) electrons. The average molecular weight is 272 g/mol. The number of nitrogens with one attached hydrogen (secondary N) is 1. The van der Waals surface area contributed by atoms with Gasteiger partial charge in [0.1, 0.15) is 5.82 Å². The smallest absolute Gasteiger partial charge is 0.149 e. The van der Waals surface area contributed by atoms with Crippen molar-refractivity contribution in [3.05, 3.63) is 16.7 Å². The van der Waals surface area contributed by atoms with E-state index in [-0.39, 0.29) is 6.10 Å². The Morgan fingerprint density at radius 2 is 2.47 bits per heavy atom. The number of aromatic nitrogens is 1. The number of nitrogens with zero attached hydrogens (tertiary/aromatic N) is 1. The van der Waals surface area contributed by atoms with Crippen molar-refractivity contribution in [2.75, 3.05) is 17.7 Å². The van der Waals surface area contributed by atoms with E-state index in [1.54, 1.807) is 6.20 Å². The van der Waals surface area contributed by atoms with Gasteiger partial charge in [0, 0.05) is 17.3 Å². The number of nitrogens with two attached hydrogens (primary N) is 1. The highest BCUT2D eigenvalue weighted by Crippen LogP contribution is 2.23. The highest BCUT2D eigenvalue weighted by Gasteiger charge is 2.24. The lowest BCUT2D eigenvalue weighted by molar-refractivity contribution is 0.121. The number of hydrogen-bond donors (Lipinski definition) is 2. The summed E-state index contributed by atoms with van der Waals surface area (Å²) in [4.78, 5) is 4.24. The van der Waals surface area contributed by atoms with Gasteiger partial charge in [-0.05, 0) is 35.3 Å². The molecule has 0 amide bonds. The van der Waals surface area contributed by atoms with Gasteiger partial charge in [-0.3, -0.25) is 0 Å². The lowest BCUT2D eigenvalue weighted by atomic mass is 10.1. The summed E-state index contributed by atoms with van der Waals surface area (Å²) in [5.41, 5.74) is 6.51. The Balaban J connectivity index is 2.10. The van der Waals surface area contributed by atoms with E-state index in [4.69, 9.17) is 10.5 Å². The molecule has 1 aliphatic heterocycles. The van der Waals surface area contributed by atoms with Crippen LogP contribution in [0.15, 0.2) is 16.7 Å². The quantitative estimate of drug-likeness (QED) is 0.864. The predicted molar refractivity (Wildman–Crippen MR) is 63.8 cm³/mol. The summed E-state index contributed by atoms with van der Waals surface area (Å²) in [5.74, 6) is 0.737. The summed E-state index contributed by atoms with van der Waals surface area (Å²) in [5, 5.41) is 3.30. The fourth-order valence-electron chi connectivity index (χ4n) is 1.67. The van der Waals surface area contributed by atoms with E-state index in [1.165, 1.54) is 0 Å². The van der Waals surface area contributed by atoms with Crippen molar-refractivity contribution in [2.45, 2.75) is 25.5 Å². The van der Waals surface area contributed by atoms with Crippen LogP contribution in [0.25, 0.3) is 0 Å². The summed E-state index contributed by atoms with van der Waals surface area (Å²) in [6.07, 6.45) is 2.95. The van der Waals surface area contributed by atoms with Gasteiger partial charge in [0.15, 0.2) is 0 Å². The number of pyridine rings is 1. The molecule has 15 heavy (non-hydrogen) atoms. The Bertz CT molecular complexity index is 359. The molecule has 0 aromatic carbocycles. The van der Waals surface area contributed by atoms with Crippen LogP contribution in [0.4, 0.5) is 11.5 Å². The fourth-order valence-corrected chi connectivity index (χ4v) is 2.02. The van der Waals surface area contributed by atoms with Gasteiger partial charge in [0.2, 0.25) is 0 Å². The highest BCUT2D eigenvalue weighted by atomic mass is 79.9. The second-order valence-electron chi connectivity index (χ2n) is 3.71. The SMILES string of the molecule is CC1OCCC1Nc1ncc(Br)cc1N. The number of anilines is 2. The van der Waals surface area contributed by atoms with Crippen molar-refractivity contribution in [3.63, 3.8) is 0 Å². The Hall–Kier alpha value is -0.810. The Labute approximate surface area is 97.3 Å². The van der Waals surface area contributed by atoms with Crippen LogP contribution < -0.4 is 11.1 Å². The third-order valence-corrected chi connectivity index (χ3v) is 3.02. The maximum Gasteiger partial charge on any atom is 0.149 e. The number of rotatable bonds is 2. The molecule has 1 aliphatic rings. The Kier molecular flexibility index (Phi) is 3.11. The van der Waals surface area contributed by atoms with E-state index < -0.39 is 0 Å². The number of halogens is 1. The largest absolute Gasteiger partial charge is 0.396 e. The first-order valence-corrected chi connectivity index (χ1v) is 5.75. The van der Waals surface area contributed by atoms with E-state index in [0.29, 0.717) is 11.7 Å². The summed E-state index contributed by atoms with van der Waals surface area (Å²) < 4.78 is 6.35. The van der Waals surface area contributed by atoms with E-state index >= 15 is 0 Å². The monoisotopic (exact) mass is 271 g/mol. The van der Waals surface area contributed by atoms with E-state index in [9.17, 15) is 0 Å². The van der Waals surface area contributed by atoms with Crippen molar-refractivity contribution in [1.82, 2.24) is 4.98 Å². The molecule has 82 valence electrons. The first kappa shape index (κ1) is 10.7. The summed E-state index contributed by atoms with van der Waals surface area (Å²) in [6.45, 7) is 2.86. The van der Waals surface area contributed by atoms with Gasteiger partial charge in [-0.1, -0.05) is 0 Å². The number of nitrogen functional groups attached to an aromatic ring is 1. The van der Waals surface area contributed by atoms with Crippen LogP contribution in [-0.2, 0) is 4.74 Å². The van der Waals surface area contributed by atoms with Gasteiger partial charge >= 0.3 is 0 Å².